The summed E-state index contributed by atoms with van der Waals surface area (Å²) in [5.41, 5.74) is 0. The molecule has 0 unspecified atom stereocenters. The molecule has 0 amide bonds. The predicted molar refractivity (Wildman–Crippen MR) is 238 cm³/mol. The minimum absolute atomic E-state index is 0.0640. The molecule has 332 valence electrons. The maximum atomic E-state index is 12.6. The predicted octanol–water partition coefficient (Wildman–Crippen LogP) is 15.9. The second kappa shape index (κ2) is 44.5. The molecule has 0 aromatic rings. The van der Waals surface area contributed by atoms with Gasteiger partial charge in [-0.3, -0.25) is 14.4 Å². The van der Waals surface area contributed by atoms with Crippen LogP contribution in [-0.4, -0.2) is 37.2 Å². The van der Waals surface area contributed by atoms with Gasteiger partial charge in [-0.05, 0) is 25.2 Å². The van der Waals surface area contributed by atoms with Gasteiger partial charge in [-0.1, -0.05) is 240 Å². The number of ether oxygens (including phenoxy) is 3. The lowest BCUT2D eigenvalue weighted by molar-refractivity contribution is -0.167. The quantitative estimate of drug-likeness (QED) is 0.0347. The standard InChI is InChI=1S/C50H96O6/c1-5-7-9-11-13-14-15-16-17-18-19-20-21-22-23-26-30-33-37-41-48(51)54-44-47(56-50(53)43-39-35-28-12-10-8-6-2)45-55-49(52)42-38-34-31-27-24-25-29-32-36-40-46(3)4/h46-47H,5-45H2,1-4H3/t47-/m1/s1. The van der Waals surface area contributed by atoms with Crippen LogP contribution in [-0.2, 0) is 28.6 Å². The fraction of sp³-hybridized carbons (Fsp3) is 0.940. The van der Waals surface area contributed by atoms with E-state index in [4.69, 9.17) is 14.2 Å². The van der Waals surface area contributed by atoms with E-state index in [-0.39, 0.29) is 31.1 Å². The summed E-state index contributed by atoms with van der Waals surface area (Å²) in [4.78, 5) is 37.7. The molecule has 0 aromatic carbocycles. The maximum absolute atomic E-state index is 12.6. The molecule has 0 rings (SSSR count). The molecule has 0 bridgehead atoms. The molecule has 0 heterocycles. The molecule has 0 aliphatic rings. The first-order valence-electron chi connectivity index (χ1n) is 24.9. The van der Waals surface area contributed by atoms with Crippen LogP contribution < -0.4 is 0 Å². The van der Waals surface area contributed by atoms with E-state index in [0.717, 1.165) is 63.7 Å². The van der Waals surface area contributed by atoms with Crippen LogP contribution >= 0.6 is 0 Å². The van der Waals surface area contributed by atoms with Gasteiger partial charge in [0.1, 0.15) is 13.2 Å². The highest BCUT2D eigenvalue weighted by atomic mass is 16.6. The van der Waals surface area contributed by atoms with Crippen LogP contribution in [0.4, 0.5) is 0 Å². The minimum atomic E-state index is -0.759. The Kier molecular flexibility index (Phi) is 43.2. The summed E-state index contributed by atoms with van der Waals surface area (Å²) in [5, 5.41) is 0. The second-order valence-electron chi connectivity index (χ2n) is 17.6. The number of carbonyl (C=O) groups excluding carboxylic acids is 3. The molecule has 0 spiro atoms. The normalized spacial score (nSPS) is 11.9. The van der Waals surface area contributed by atoms with E-state index < -0.39 is 6.10 Å². The van der Waals surface area contributed by atoms with Crippen LogP contribution in [0.15, 0.2) is 0 Å². The first-order valence-corrected chi connectivity index (χ1v) is 24.9. The van der Waals surface area contributed by atoms with Gasteiger partial charge in [0.25, 0.3) is 0 Å². The third kappa shape index (κ3) is 43.5. The smallest absolute Gasteiger partial charge is 0.306 e. The van der Waals surface area contributed by atoms with E-state index in [9.17, 15) is 14.4 Å². The van der Waals surface area contributed by atoms with Crippen molar-refractivity contribution >= 4 is 17.9 Å². The Labute approximate surface area is 348 Å². The Morgan fingerprint density at radius 2 is 0.589 bits per heavy atom. The van der Waals surface area contributed by atoms with Gasteiger partial charge in [0.2, 0.25) is 0 Å². The van der Waals surface area contributed by atoms with Gasteiger partial charge < -0.3 is 14.2 Å². The number of hydrogen-bond donors (Lipinski definition) is 0. The number of hydrogen-bond acceptors (Lipinski definition) is 6. The van der Waals surface area contributed by atoms with Crippen molar-refractivity contribution in [1.82, 2.24) is 0 Å². The molecule has 0 aliphatic heterocycles. The molecule has 0 saturated carbocycles. The van der Waals surface area contributed by atoms with E-state index in [2.05, 4.69) is 27.7 Å². The van der Waals surface area contributed by atoms with Gasteiger partial charge in [0.15, 0.2) is 6.10 Å². The van der Waals surface area contributed by atoms with Gasteiger partial charge in [-0.15, -0.1) is 0 Å². The minimum Gasteiger partial charge on any atom is -0.462 e. The van der Waals surface area contributed by atoms with Crippen molar-refractivity contribution in [3.63, 3.8) is 0 Å². The Morgan fingerprint density at radius 3 is 0.875 bits per heavy atom. The summed E-state index contributed by atoms with van der Waals surface area (Å²) < 4.78 is 16.7. The third-order valence-electron chi connectivity index (χ3n) is 11.3. The topological polar surface area (TPSA) is 78.9 Å². The van der Waals surface area contributed by atoms with Gasteiger partial charge >= 0.3 is 17.9 Å². The zero-order valence-corrected chi connectivity index (χ0v) is 38.1. The zero-order chi connectivity index (χ0) is 41.0. The lowest BCUT2D eigenvalue weighted by atomic mass is 10.0. The van der Waals surface area contributed by atoms with E-state index in [0.29, 0.717) is 19.3 Å². The molecule has 6 heteroatoms. The largest absolute Gasteiger partial charge is 0.462 e. The van der Waals surface area contributed by atoms with Crippen molar-refractivity contribution in [1.29, 1.82) is 0 Å². The number of unbranched alkanes of at least 4 members (excludes halogenated alkanes) is 32. The van der Waals surface area contributed by atoms with Crippen LogP contribution in [0.2, 0.25) is 0 Å². The average Bonchev–Trinajstić information content (AvgIpc) is 3.18. The molecular weight excluding hydrogens is 697 g/mol. The van der Waals surface area contributed by atoms with Crippen LogP contribution in [0.1, 0.15) is 278 Å². The Bertz CT molecular complexity index is 841. The van der Waals surface area contributed by atoms with E-state index in [1.165, 1.54) is 173 Å². The summed E-state index contributed by atoms with van der Waals surface area (Å²) >= 11 is 0. The van der Waals surface area contributed by atoms with Gasteiger partial charge in [-0.2, -0.15) is 0 Å². The summed E-state index contributed by atoms with van der Waals surface area (Å²) in [7, 11) is 0. The van der Waals surface area contributed by atoms with E-state index in [1.54, 1.807) is 0 Å². The van der Waals surface area contributed by atoms with Crippen LogP contribution in [0.5, 0.6) is 0 Å². The first-order chi connectivity index (χ1) is 27.4. The van der Waals surface area contributed by atoms with Crippen molar-refractivity contribution in [2.75, 3.05) is 13.2 Å². The van der Waals surface area contributed by atoms with Crippen molar-refractivity contribution in [3.8, 4) is 0 Å². The van der Waals surface area contributed by atoms with Gasteiger partial charge in [-0.25, -0.2) is 0 Å². The van der Waals surface area contributed by atoms with Crippen LogP contribution in [0, 0.1) is 5.92 Å². The number of carbonyl (C=O) groups is 3. The second-order valence-corrected chi connectivity index (χ2v) is 17.6. The fourth-order valence-electron chi connectivity index (χ4n) is 7.51. The third-order valence-corrected chi connectivity index (χ3v) is 11.3. The monoisotopic (exact) mass is 793 g/mol. The molecule has 56 heavy (non-hydrogen) atoms. The summed E-state index contributed by atoms with van der Waals surface area (Å²) in [6.07, 6.45) is 45.4. The Morgan fingerprint density at radius 1 is 0.339 bits per heavy atom. The summed E-state index contributed by atoms with van der Waals surface area (Å²) in [6.45, 7) is 8.96. The molecule has 0 saturated heterocycles. The lowest BCUT2D eigenvalue weighted by Gasteiger charge is -2.18. The summed E-state index contributed by atoms with van der Waals surface area (Å²) in [6, 6.07) is 0. The maximum Gasteiger partial charge on any atom is 0.306 e. The highest BCUT2D eigenvalue weighted by Gasteiger charge is 2.19. The molecule has 6 nitrogen and oxygen atoms in total. The summed E-state index contributed by atoms with van der Waals surface area (Å²) in [5.74, 6) is -0.0482. The Hall–Kier alpha value is -1.59. The highest BCUT2D eigenvalue weighted by molar-refractivity contribution is 5.71. The van der Waals surface area contributed by atoms with E-state index >= 15 is 0 Å². The molecule has 0 aliphatic carbocycles. The van der Waals surface area contributed by atoms with Crippen LogP contribution in [0.3, 0.4) is 0 Å². The zero-order valence-electron chi connectivity index (χ0n) is 38.1. The highest BCUT2D eigenvalue weighted by Crippen LogP contribution is 2.17. The van der Waals surface area contributed by atoms with Gasteiger partial charge in [0.05, 0.1) is 0 Å². The van der Waals surface area contributed by atoms with Crippen molar-refractivity contribution < 1.29 is 28.6 Å². The number of rotatable bonds is 45. The van der Waals surface area contributed by atoms with Crippen LogP contribution in [0.25, 0.3) is 0 Å². The van der Waals surface area contributed by atoms with E-state index in [1.807, 2.05) is 0 Å². The van der Waals surface area contributed by atoms with Crippen molar-refractivity contribution in [2.45, 2.75) is 284 Å². The molecule has 0 aromatic heterocycles. The fourth-order valence-corrected chi connectivity index (χ4v) is 7.51. The molecule has 0 radical (unpaired) electrons. The van der Waals surface area contributed by atoms with Crippen molar-refractivity contribution in [2.24, 2.45) is 5.92 Å². The average molecular weight is 793 g/mol. The van der Waals surface area contributed by atoms with Gasteiger partial charge in [0, 0.05) is 19.3 Å². The molecule has 0 N–H and O–H groups in total. The molecule has 1 atom stereocenters. The Balaban J connectivity index is 4.14. The molecular formula is C50H96O6. The number of esters is 3. The first kappa shape index (κ1) is 54.4. The molecule has 0 fully saturated rings. The van der Waals surface area contributed by atoms with Crippen molar-refractivity contribution in [3.05, 3.63) is 0 Å². The SMILES string of the molecule is CCCCCCCCCCCCCCCCCCCCCC(=O)OC[C@H](COC(=O)CCCCCCCCCCCC(C)C)OC(=O)CCCCCCCCC. The lowest BCUT2D eigenvalue weighted by Crippen LogP contribution is -2.30.